The Labute approximate surface area is 82.7 Å². The van der Waals surface area contributed by atoms with Crippen molar-refractivity contribution in [1.82, 2.24) is 0 Å². The van der Waals surface area contributed by atoms with E-state index in [0.717, 1.165) is 0 Å². The molecule has 0 aromatic carbocycles. The van der Waals surface area contributed by atoms with Crippen LogP contribution in [0.25, 0.3) is 0 Å². The summed E-state index contributed by atoms with van der Waals surface area (Å²) in [5.74, 6) is -0.364. The molecule has 0 saturated heterocycles. The van der Waals surface area contributed by atoms with Gasteiger partial charge < -0.3 is 9.47 Å². The van der Waals surface area contributed by atoms with E-state index in [9.17, 15) is 4.79 Å². The third kappa shape index (κ3) is 14.1. The standard InChI is InChI=1S/C7H12O3.3CH4/c1-6(2)7(8)10-5-4-9-3;;;/h1,4-5H2,2-3H3;3*1H4. The van der Waals surface area contributed by atoms with Crippen LogP contribution in [0.5, 0.6) is 0 Å². The molecule has 0 aliphatic heterocycles. The first-order chi connectivity index (χ1) is 4.68. The van der Waals surface area contributed by atoms with Crippen molar-refractivity contribution in [2.75, 3.05) is 20.3 Å². The Balaban J connectivity index is -0.000000135. The predicted molar refractivity (Wildman–Crippen MR) is 57.8 cm³/mol. The molecule has 0 saturated carbocycles. The maximum absolute atomic E-state index is 10.6. The van der Waals surface area contributed by atoms with Gasteiger partial charge in [0.15, 0.2) is 0 Å². The first-order valence-corrected chi connectivity index (χ1v) is 3.00. The highest BCUT2D eigenvalue weighted by Crippen LogP contribution is 1.90. The van der Waals surface area contributed by atoms with E-state index in [1.165, 1.54) is 0 Å². The maximum Gasteiger partial charge on any atom is 0.333 e. The summed E-state index contributed by atoms with van der Waals surface area (Å²) in [7, 11) is 1.55. The zero-order valence-corrected chi connectivity index (χ0v) is 6.35. The molecule has 0 rings (SSSR count). The molecule has 0 aromatic rings. The second-order valence-electron chi connectivity index (χ2n) is 1.91. The third-order valence-electron chi connectivity index (χ3n) is 0.869. The molecule has 0 fully saturated rings. The van der Waals surface area contributed by atoms with Crippen molar-refractivity contribution in [1.29, 1.82) is 0 Å². The summed E-state index contributed by atoms with van der Waals surface area (Å²) in [6.45, 7) is 5.75. The van der Waals surface area contributed by atoms with Gasteiger partial charge in [-0.25, -0.2) is 4.79 Å². The van der Waals surface area contributed by atoms with Crippen LogP contribution in [0.2, 0.25) is 0 Å². The zero-order valence-electron chi connectivity index (χ0n) is 6.35. The Bertz CT molecular complexity index is 130. The highest BCUT2D eigenvalue weighted by Gasteiger charge is 2.00. The molecule has 0 bridgehead atoms. The van der Waals surface area contributed by atoms with Crippen LogP contribution in [0.1, 0.15) is 29.2 Å². The average Bonchev–Trinajstić information content (AvgIpc) is 1.88. The van der Waals surface area contributed by atoms with Gasteiger partial charge in [-0.1, -0.05) is 28.9 Å². The number of hydrogen-bond acceptors (Lipinski definition) is 3. The Morgan fingerprint density at radius 3 is 2.00 bits per heavy atom. The van der Waals surface area contributed by atoms with Crippen molar-refractivity contribution in [2.45, 2.75) is 29.2 Å². The van der Waals surface area contributed by atoms with Crippen molar-refractivity contribution in [3.63, 3.8) is 0 Å². The van der Waals surface area contributed by atoms with E-state index in [-0.39, 0.29) is 28.2 Å². The predicted octanol–water partition coefficient (Wildman–Crippen LogP) is 2.66. The second kappa shape index (κ2) is 13.7. The number of hydrogen-bond donors (Lipinski definition) is 0. The van der Waals surface area contributed by atoms with Crippen molar-refractivity contribution >= 4 is 5.97 Å². The van der Waals surface area contributed by atoms with Crippen LogP contribution in [0.3, 0.4) is 0 Å². The molecule has 0 aromatic heterocycles. The number of ether oxygens (including phenoxy) is 2. The lowest BCUT2D eigenvalue weighted by Gasteiger charge is -2.01. The third-order valence-corrected chi connectivity index (χ3v) is 0.869. The van der Waals surface area contributed by atoms with Gasteiger partial charge in [0.25, 0.3) is 0 Å². The summed E-state index contributed by atoms with van der Waals surface area (Å²) in [5, 5.41) is 0. The molecule has 13 heavy (non-hydrogen) atoms. The topological polar surface area (TPSA) is 35.5 Å². The Morgan fingerprint density at radius 1 is 1.23 bits per heavy atom. The van der Waals surface area contributed by atoms with Gasteiger partial charge in [0.1, 0.15) is 6.61 Å². The van der Waals surface area contributed by atoms with Gasteiger partial charge in [-0.15, -0.1) is 0 Å². The van der Waals surface area contributed by atoms with Crippen molar-refractivity contribution in [2.24, 2.45) is 0 Å². The molecule has 0 atom stereocenters. The molecule has 0 N–H and O–H groups in total. The van der Waals surface area contributed by atoms with E-state index < -0.39 is 0 Å². The van der Waals surface area contributed by atoms with Crippen molar-refractivity contribution in [3.05, 3.63) is 12.2 Å². The Morgan fingerprint density at radius 2 is 1.69 bits per heavy atom. The number of rotatable bonds is 4. The molecule has 0 amide bonds. The van der Waals surface area contributed by atoms with Crippen LogP contribution < -0.4 is 0 Å². The smallest absolute Gasteiger partial charge is 0.333 e. The largest absolute Gasteiger partial charge is 0.460 e. The van der Waals surface area contributed by atoms with E-state index >= 15 is 0 Å². The van der Waals surface area contributed by atoms with Gasteiger partial charge in [0.2, 0.25) is 0 Å². The maximum atomic E-state index is 10.6. The fraction of sp³-hybridized carbons (Fsp3) is 0.700. The molecule has 0 heterocycles. The van der Waals surface area contributed by atoms with Gasteiger partial charge in [0, 0.05) is 12.7 Å². The lowest BCUT2D eigenvalue weighted by molar-refractivity contribution is -0.140. The summed E-state index contributed by atoms with van der Waals surface area (Å²) in [4.78, 5) is 10.6. The van der Waals surface area contributed by atoms with E-state index in [1.807, 2.05) is 0 Å². The quantitative estimate of drug-likeness (QED) is 0.390. The van der Waals surface area contributed by atoms with Crippen LogP contribution in [-0.4, -0.2) is 26.3 Å². The van der Waals surface area contributed by atoms with Crippen LogP contribution in [-0.2, 0) is 14.3 Å². The highest BCUT2D eigenvalue weighted by molar-refractivity contribution is 5.86. The molecule has 0 unspecified atom stereocenters. The minimum Gasteiger partial charge on any atom is -0.460 e. The van der Waals surface area contributed by atoms with E-state index in [2.05, 4.69) is 16.1 Å². The number of esters is 1. The van der Waals surface area contributed by atoms with Gasteiger partial charge >= 0.3 is 5.97 Å². The molecular formula is C10H24O3. The summed E-state index contributed by atoms with van der Waals surface area (Å²) in [6.07, 6.45) is 0. The van der Waals surface area contributed by atoms with E-state index in [0.29, 0.717) is 18.8 Å². The summed E-state index contributed by atoms with van der Waals surface area (Å²) < 4.78 is 9.35. The molecular weight excluding hydrogens is 168 g/mol. The second-order valence-corrected chi connectivity index (χ2v) is 1.91. The normalized spacial score (nSPS) is 6.92. The number of carbonyl (C=O) groups excluding carboxylic acids is 1. The first-order valence-electron chi connectivity index (χ1n) is 3.00. The van der Waals surface area contributed by atoms with Gasteiger partial charge in [0.05, 0.1) is 6.61 Å². The van der Waals surface area contributed by atoms with Gasteiger partial charge in [-0.05, 0) is 6.92 Å². The molecule has 3 nitrogen and oxygen atoms in total. The van der Waals surface area contributed by atoms with E-state index in [1.54, 1.807) is 14.0 Å². The summed E-state index contributed by atoms with van der Waals surface area (Å²) in [5.41, 5.74) is 0.413. The van der Waals surface area contributed by atoms with Crippen LogP contribution in [0, 0.1) is 0 Å². The number of carbonyl (C=O) groups is 1. The Kier molecular flexibility index (Phi) is 24.0. The summed E-state index contributed by atoms with van der Waals surface area (Å²) >= 11 is 0. The molecule has 3 heteroatoms. The lowest BCUT2D eigenvalue weighted by atomic mass is 10.4. The Hall–Kier alpha value is -0.830. The minimum absolute atomic E-state index is 0. The monoisotopic (exact) mass is 192 g/mol. The average molecular weight is 192 g/mol. The zero-order chi connectivity index (χ0) is 7.98. The van der Waals surface area contributed by atoms with Crippen molar-refractivity contribution < 1.29 is 14.3 Å². The van der Waals surface area contributed by atoms with Crippen molar-refractivity contribution in [3.8, 4) is 0 Å². The molecule has 0 aliphatic rings. The summed E-state index contributed by atoms with van der Waals surface area (Å²) in [6, 6.07) is 0. The SMILES string of the molecule is C.C.C.C=C(C)C(=O)OCCOC. The van der Waals surface area contributed by atoms with Gasteiger partial charge in [-0.2, -0.15) is 0 Å². The van der Waals surface area contributed by atoms with Crippen LogP contribution in [0.15, 0.2) is 12.2 Å². The molecule has 0 spiro atoms. The minimum atomic E-state index is -0.364. The van der Waals surface area contributed by atoms with E-state index in [4.69, 9.17) is 0 Å². The first kappa shape index (κ1) is 22.7. The highest BCUT2D eigenvalue weighted by atomic mass is 16.6. The molecule has 82 valence electrons. The fourth-order valence-electron chi connectivity index (χ4n) is 0.341. The molecule has 0 radical (unpaired) electrons. The van der Waals surface area contributed by atoms with Gasteiger partial charge in [-0.3, -0.25) is 0 Å². The van der Waals surface area contributed by atoms with Crippen LogP contribution >= 0.6 is 0 Å². The number of methoxy groups -OCH3 is 1. The lowest BCUT2D eigenvalue weighted by Crippen LogP contribution is -2.09. The fourth-order valence-corrected chi connectivity index (χ4v) is 0.341. The van der Waals surface area contributed by atoms with Crippen LogP contribution in [0.4, 0.5) is 0 Å². The molecule has 0 aliphatic carbocycles.